The Hall–Kier alpha value is -2.13. The minimum Gasteiger partial charge on any atom is -0.444 e. The summed E-state index contributed by atoms with van der Waals surface area (Å²) in [5.41, 5.74) is 1.31. The third-order valence-corrected chi connectivity index (χ3v) is 3.80. The van der Waals surface area contributed by atoms with Gasteiger partial charge in [0.1, 0.15) is 11.6 Å². The Bertz CT molecular complexity index is 595. The van der Waals surface area contributed by atoms with Crippen LogP contribution in [0, 0.1) is 18.3 Å². The summed E-state index contributed by atoms with van der Waals surface area (Å²) in [6.07, 6.45) is 1.44. The number of ether oxygens (including phenoxy) is 1. The molecule has 1 aromatic heterocycles. The van der Waals surface area contributed by atoms with E-state index in [0.717, 1.165) is 11.3 Å². The van der Waals surface area contributed by atoms with Gasteiger partial charge >= 0.3 is 6.09 Å². The first kappa shape index (κ1) is 17.2. The van der Waals surface area contributed by atoms with Gasteiger partial charge in [-0.15, -0.1) is 0 Å². The highest BCUT2D eigenvalue weighted by atomic mass is 16.6. The summed E-state index contributed by atoms with van der Waals surface area (Å²) in [5, 5.41) is 9.56. The van der Waals surface area contributed by atoms with Crippen LogP contribution >= 0.6 is 0 Å². The van der Waals surface area contributed by atoms with E-state index < -0.39 is 5.60 Å². The zero-order chi connectivity index (χ0) is 17.0. The predicted octanol–water partition coefficient (Wildman–Crippen LogP) is 2.51. The van der Waals surface area contributed by atoms with Crippen LogP contribution in [-0.4, -0.2) is 52.7 Å². The molecule has 0 N–H and O–H groups in total. The number of pyridine rings is 1. The van der Waals surface area contributed by atoms with Crippen LogP contribution in [0.1, 0.15) is 38.1 Å². The van der Waals surface area contributed by atoms with Crippen LogP contribution in [0.5, 0.6) is 0 Å². The van der Waals surface area contributed by atoms with Gasteiger partial charge in [-0.05, 0) is 33.8 Å². The van der Waals surface area contributed by atoms with E-state index in [1.165, 1.54) is 0 Å². The summed E-state index contributed by atoms with van der Waals surface area (Å²) in [7, 11) is 0. The molecule has 0 spiro atoms. The lowest BCUT2D eigenvalue weighted by Crippen LogP contribution is -2.50. The summed E-state index contributed by atoms with van der Waals surface area (Å²) in [4.78, 5) is 20.1. The predicted molar refractivity (Wildman–Crippen MR) is 86.7 cm³/mol. The molecule has 124 valence electrons. The fourth-order valence-corrected chi connectivity index (χ4v) is 2.62. The molecule has 2 rings (SSSR count). The zero-order valence-electron chi connectivity index (χ0n) is 14.2. The highest BCUT2D eigenvalue weighted by Crippen LogP contribution is 2.23. The number of rotatable bonds is 2. The minimum atomic E-state index is -0.490. The second-order valence-corrected chi connectivity index (χ2v) is 6.71. The van der Waals surface area contributed by atoms with E-state index in [4.69, 9.17) is 4.74 Å². The molecule has 6 heteroatoms. The van der Waals surface area contributed by atoms with Gasteiger partial charge in [-0.1, -0.05) is 6.07 Å². The fraction of sp³-hybridized carbons (Fsp3) is 0.588. The van der Waals surface area contributed by atoms with Crippen molar-refractivity contribution >= 4 is 6.09 Å². The van der Waals surface area contributed by atoms with E-state index in [0.29, 0.717) is 26.2 Å². The van der Waals surface area contributed by atoms with Crippen molar-refractivity contribution in [1.29, 1.82) is 5.26 Å². The topological polar surface area (TPSA) is 69.5 Å². The van der Waals surface area contributed by atoms with Crippen molar-refractivity contribution in [3.05, 3.63) is 29.6 Å². The van der Waals surface area contributed by atoms with Gasteiger partial charge < -0.3 is 9.64 Å². The smallest absolute Gasteiger partial charge is 0.410 e. The molecule has 1 amide bonds. The first-order valence-electron chi connectivity index (χ1n) is 7.85. The normalized spacial score (nSPS) is 17.4. The van der Waals surface area contributed by atoms with Gasteiger partial charge in [0, 0.05) is 43.6 Å². The van der Waals surface area contributed by atoms with Crippen LogP contribution in [0.25, 0.3) is 0 Å². The lowest BCUT2D eigenvalue weighted by atomic mass is 10.0. The molecule has 0 radical (unpaired) electrons. The Kier molecular flexibility index (Phi) is 5.22. The molecule has 2 heterocycles. The molecule has 0 saturated carbocycles. The van der Waals surface area contributed by atoms with Gasteiger partial charge in [0.05, 0.1) is 6.07 Å². The molecule has 6 nitrogen and oxygen atoms in total. The Morgan fingerprint density at radius 1 is 1.35 bits per heavy atom. The number of nitriles is 1. The summed E-state index contributed by atoms with van der Waals surface area (Å²) in [5.74, 6) is 0. The van der Waals surface area contributed by atoms with Gasteiger partial charge in [-0.25, -0.2) is 4.79 Å². The van der Waals surface area contributed by atoms with Crippen LogP contribution < -0.4 is 0 Å². The van der Waals surface area contributed by atoms with Gasteiger partial charge in [-0.3, -0.25) is 9.88 Å². The molecule has 23 heavy (non-hydrogen) atoms. The van der Waals surface area contributed by atoms with Crippen LogP contribution in [0.4, 0.5) is 4.79 Å². The molecule has 0 aliphatic carbocycles. The maximum absolute atomic E-state index is 12.1. The summed E-state index contributed by atoms with van der Waals surface area (Å²) in [6.45, 7) is 9.90. The average molecular weight is 316 g/mol. The number of amides is 1. The van der Waals surface area contributed by atoms with Crippen molar-refractivity contribution in [2.24, 2.45) is 0 Å². The van der Waals surface area contributed by atoms with Crippen molar-refractivity contribution < 1.29 is 9.53 Å². The molecule has 0 aromatic carbocycles. The van der Waals surface area contributed by atoms with E-state index in [1.807, 2.05) is 39.8 Å². The second kappa shape index (κ2) is 6.97. The Morgan fingerprint density at radius 3 is 2.52 bits per heavy atom. The molecular weight excluding hydrogens is 292 g/mol. The average Bonchev–Trinajstić information content (AvgIpc) is 2.49. The number of hydrogen-bond acceptors (Lipinski definition) is 5. The molecule has 1 fully saturated rings. The largest absolute Gasteiger partial charge is 0.444 e. The number of piperazine rings is 1. The van der Waals surface area contributed by atoms with Crippen LogP contribution in [0.2, 0.25) is 0 Å². The Labute approximate surface area is 137 Å². The van der Waals surface area contributed by atoms with Gasteiger partial charge in [0.25, 0.3) is 0 Å². The number of aryl methyl sites for hydroxylation is 1. The van der Waals surface area contributed by atoms with Gasteiger partial charge in [0.2, 0.25) is 0 Å². The molecule has 1 unspecified atom stereocenters. The van der Waals surface area contributed by atoms with Crippen molar-refractivity contribution in [1.82, 2.24) is 14.8 Å². The quantitative estimate of drug-likeness (QED) is 0.838. The van der Waals surface area contributed by atoms with Crippen molar-refractivity contribution in [3.63, 3.8) is 0 Å². The third-order valence-electron chi connectivity index (χ3n) is 3.80. The first-order chi connectivity index (χ1) is 10.8. The fourth-order valence-electron chi connectivity index (χ4n) is 2.62. The van der Waals surface area contributed by atoms with E-state index >= 15 is 0 Å². The number of hydrogen-bond donors (Lipinski definition) is 0. The third kappa shape index (κ3) is 4.42. The molecule has 1 atom stereocenters. The zero-order valence-corrected chi connectivity index (χ0v) is 14.2. The number of nitrogens with zero attached hydrogens (tertiary/aromatic N) is 4. The van der Waals surface area contributed by atoms with Crippen molar-refractivity contribution in [2.75, 3.05) is 26.2 Å². The SMILES string of the molecule is Cc1ncccc1C(C#N)N1CCN(C(=O)OC(C)(C)C)CC1. The van der Waals surface area contributed by atoms with Gasteiger partial charge in [-0.2, -0.15) is 5.26 Å². The van der Waals surface area contributed by atoms with Crippen molar-refractivity contribution in [3.8, 4) is 6.07 Å². The van der Waals surface area contributed by atoms with E-state index in [1.54, 1.807) is 11.1 Å². The van der Waals surface area contributed by atoms with Crippen LogP contribution in [-0.2, 0) is 4.74 Å². The monoisotopic (exact) mass is 316 g/mol. The number of aromatic nitrogens is 1. The Balaban J connectivity index is 2.00. The molecular formula is C17H24N4O2. The maximum Gasteiger partial charge on any atom is 0.410 e. The maximum atomic E-state index is 12.1. The second-order valence-electron chi connectivity index (χ2n) is 6.71. The number of carbonyl (C=O) groups is 1. The van der Waals surface area contributed by atoms with Crippen molar-refractivity contribution in [2.45, 2.75) is 39.3 Å². The van der Waals surface area contributed by atoms with E-state index in [2.05, 4.69) is 16.0 Å². The van der Waals surface area contributed by atoms with Gasteiger partial charge in [0.15, 0.2) is 0 Å². The lowest BCUT2D eigenvalue weighted by molar-refractivity contribution is 0.0124. The Morgan fingerprint density at radius 2 is 2.00 bits per heavy atom. The summed E-state index contributed by atoms with van der Waals surface area (Å²) < 4.78 is 5.40. The molecule has 0 bridgehead atoms. The molecule has 1 aromatic rings. The molecule has 1 aliphatic heterocycles. The van der Waals surface area contributed by atoms with E-state index in [9.17, 15) is 10.1 Å². The van der Waals surface area contributed by atoms with Crippen LogP contribution in [0.3, 0.4) is 0 Å². The summed E-state index contributed by atoms with van der Waals surface area (Å²) in [6, 6.07) is 5.82. The lowest BCUT2D eigenvalue weighted by Gasteiger charge is -2.37. The summed E-state index contributed by atoms with van der Waals surface area (Å²) >= 11 is 0. The standard InChI is InChI=1S/C17H24N4O2/c1-13-14(6-5-7-19-13)15(12-18)20-8-10-21(11-9-20)16(22)23-17(2,3)4/h5-7,15H,8-11H2,1-4H3. The molecule has 1 saturated heterocycles. The highest BCUT2D eigenvalue weighted by molar-refractivity contribution is 5.68. The van der Waals surface area contributed by atoms with E-state index in [-0.39, 0.29) is 12.1 Å². The highest BCUT2D eigenvalue weighted by Gasteiger charge is 2.30. The first-order valence-corrected chi connectivity index (χ1v) is 7.85. The molecule has 1 aliphatic rings. The number of carbonyl (C=O) groups excluding carboxylic acids is 1. The van der Waals surface area contributed by atoms with Crippen LogP contribution in [0.15, 0.2) is 18.3 Å². The minimum absolute atomic E-state index is 0.289.